The van der Waals surface area contributed by atoms with E-state index >= 15 is 0 Å². The average molecular weight is 450 g/mol. The zero-order valence-electron chi connectivity index (χ0n) is 10.8. The highest BCUT2D eigenvalue weighted by molar-refractivity contribution is 9.11. The van der Waals surface area contributed by atoms with Crippen LogP contribution in [0.2, 0.25) is 0 Å². The van der Waals surface area contributed by atoms with Gasteiger partial charge in [-0.25, -0.2) is 16.8 Å². The summed E-state index contributed by atoms with van der Waals surface area (Å²) < 4.78 is 49.0. The topological polar surface area (TPSA) is 97.5 Å². The fraction of sp³-hybridized carbons (Fsp3) is 0.400. The van der Waals surface area contributed by atoms with Gasteiger partial charge in [-0.15, -0.1) is 0 Å². The molecule has 0 saturated carbocycles. The summed E-state index contributed by atoms with van der Waals surface area (Å²) in [6.45, 7) is -0.136. The molecule has 0 spiro atoms. The normalized spacial score (nSPS) is 12.8. The third-order valence-corrected chi connectivity index (χ3v) is 6.73. The fourth-order valence-electron chi connectivity index (χ4n) is 1.42. The van der Waals surface area contributed by atoms with Gasteiger partial charge in [0, 0.05) is 28.8 Å². The van der Waals surface area contributed by atoms with Crippen LogP contribution in [0.5, 0.6) is 0 Å². The second-order valence-corrected chi connectivity index (χ2v) is 10.3. The predicted octanol–water partition coefficient (Wildman–Crippen LogP) is 1.46. The first-order valence-electron chi connectivity index (χ1n) is 5.34. The molecule has 0 aromatic heterocycles. The van der Waals surface area contributed by atoms with Crippen molar-refractivity contribution < 1.29 is 16.8 Å². The average Bonchev–Trinajstić information content (AvgIpc) is 2.22. The van der Waals surface area contributed by atoms with Crippen LogP contribution in [0.15, 0.2) is 26.0 Å². The molecule has 0 saturated heterocycles. The number of sulfonamides is 1. The number of nitrogens with two attached hydrogens (primary N) is 1. The van der Waals surface area contributed by atoms with Crippen molar-refractivity contribution in [3.63, 3.8) is 0 Å². The molecule has 10 heteroatoms. The Labute approximate surface area is 135 Å². The van der Waals surface area contributed by atoms with Crippen molar-refractivity contribution in [3.05, 3.63) is 21.1 Å². The maximum atomic E-state index is 12.4. The van der Waals surface area contributed by atoms with Gasteiger partial charge in [-0.05, 0) is 28.1 Å². The third-order valence-electron chi connectivity index (χ3n) is 2.48. The number of halogens is 2. The van der Waals surface area contributed by atoms with E-state index in [1.165, 1.54) is 13.1 Å². The summed E-state index contributed by atoms with van der Waals surface area (Å²) in [5.74, 6) is -0.253. The van der Waals surface area contributed by atoms with Gasteiger partial charge in [0.1, 0.15) is 14.7 Å². The summed E-state index contributed by atoms with van der Waals surface area (Å²) in [5, 5.41) is 0. The number of rotatable bonds is 5. The maximum Gasteiger partial charge on any atom is 0.246 e. The lowest BCUT2D eigenvalue weighted by molar-refractivity contribution is 0.485. The number of sulfone groups is 1. The van der Waals surface area contributed by atoms with Gasteiger partial charge >= 0.3 is 0 Å². The van der Waals surface area contributed by atoms with Gasteiger partial charge in [-0.2, -0.15) is 4.31 Å². The van der Waals surface area contributed by atoms with Gasteiger partial charge in [0.05, 0.1) is 11.4 Å². The molecule has 1 aromatic rings. The molecule has 1 aromatic carbocycles. The van der Waals surface area contributed by atoms with Gasteiger partial charge in [-0.1, -0.05) is 15.9 Å². The second kappa shape index (κ2) is 6.30. The van der Waals surface area contributed by atoms with E-state index in [9.17, 15) is 16.8 Å². The summed E-state index contributed by atoms with van der Waals surface area (Å²) in [4.78, 5) is -0.0725. The zero-order valence-corrected chi connectivity index (χ0v) is 15.6. The van der Waals surface area contributed by atoms with Crippen LogP contribution in [0.1, 0.15) is 0 Å². The Morgan fingerprint density at radius 2 is 1.75 bits per heavy atom. The lowest BCUT2D eigenvalue weighted by atomic mass is 10.3. The number of benzene rings is 1. The maximum absolute atomic E-state index is 12.4. The summed E-state index contributed by atoms with van der Waals surface area (Å²) in [6.07, 6.45) is 1.05. The highest BCUT2D eigenvalue weighted by Gasteiger charge is 2.26. The number of nitrogens with zero attached hydrogens (tertiary/aromatic N) is 1. The Kier molecular flexibility index (Phi) is 5.64. The van der Waals surface area contributed by atoms with E-state index in [0.717, 1.165) is 10.6 Å². The van der Waals surface area contributed by atoms with E-state index < -0.39 is 19.9 Å². The number of hydrogen-bond donors (Lipinski definition) is 1. The van der Waals surface area contributed by atoms with Gasteiger partial charge in [-0.3, -0.25) is 0 Å². The smallest absolute Gasteiger partial charge is 0.246 e. The van der Waals surface area contributed by atoms with Crippen LogP contribution in [0.25, 0.3) is 0 Å². The third kappa shape index (κ3) is 4.42. The Balaban J connectivity index is 3.18. The van der Waals surface area contributed by atoms with E-state index in [2.05, 4.69) is 31.9 Å². The van der Waals surface area contributed by atoms with Crippen LogP contribution < -0.4 is 5.73 Å². The quantitative estimate of drug-likeness (QED) is 0.686. The molecule has 0 unspecified atom stereocenters. The molecule has 0 heterocycles. The molecule has 0 bridgehead atoms. The van der Waals surface area contributed by atoms with E-state index in [4.69, 9.17) is 5.73 Å². The monoisotopic (exact) mass is 448 g/mol. The van der Waals surface area contributed by atoms with E-state index in [-0.39, 0.29) is 22.9 Å². The first kappa shape index (κ1) is 17.9. The molecule has 0 fully saturated rings. The highest BCUT2D eigenvalue weighted by atomic mass is 79.9. The number of hydrogen-bond acceptors (Lipinski definition) is 5. The minimum atomic E-state index is -3.86. The number of anilines is 1. The standard InChI is InChI=1S/C10H14Br2N2O4S2/c1-14(3-4-19(2,15)16)20(17,18)10-8(12)5-7(11)6-9(10)13/h5-6H,3-4,13H2,1-2H3. The molecule has 0 aliphatic carbocycles. The number of nitrogen functional groups attached to an aromatic ring is 1. The lowest BCUT2D eigenvalue weighted by Crippen LogP contribution is -2.32. The van der Waals surface area contributed by atoms with Crippen LogP contribution in [0.4, 0.5) is 5.69 Å². The Bertz CT molecular complexity index is 694. The first-order chi connectivity index (χ1) is 8.95. The van der Waals surface area contributed by atoms with Crippen molar-refractivity contribution in [2.45, 2.75) is 4.90 Å². The molecule has 0 aliphatic rings. The molecular weight excluding hydrogens is 436 g/mol. The van der Waals surface area contributed by atoms with Crippen molar-refractivity contribution in [2.24, 2.45) is 0 Å². The first-order valence-corrected chi connectivity index (χ1v) is 10.4. The molecule has 6 nitrogen and oxygen atoms in total. The van der Waals surface area contributed by atoms with Crippen molar-refractivity contribution in [1.29, 1.82) is 0 Å². The second-order valence-electron chi connectivity index (χ2n) is 4.26. The van der Waals surface area contributed by atoms with Crippen LogP contribution in [0.3, 0.4) is 0 Å². The molecule has 0 radical (unpaired) electrons. The largest absolute Gasteiger partial charge is 0.398 e. The zero-order chi connectivity index (χ0) is 15.7. The van der Waals surface area contributed by atoms with Crippen molar-refractivity contribution >= 4 is 57.4 Å². The van der Waals surface area contributed by atoms with Gasteiger partial charge in [0.2, 0.25) is 10.0 Å². The van der Waals surface area contributed by atoms with Crippen LogP contribution in [-0.2, 0) is 19.9 Å². The van der Waals surface area contributed by atoms with E-state index in [1.54, 1.807) is 6.07 Å². The minimum Gasteiger partial charge on any atom is -0.398 e. The molecule has 20 heavy (non-hydrogen) atoms. The van der Waals surface area contributed by atoms with Gasteiger partial charge in [0.25, 0.3) is 0 Å². The summed E-state index contributed by atoms with van der Waals surface area (Å²) in [5.41, 5.74) is 5.82. The van der Waals surface area contributed by atoms with Crippen molar-refractivity contribution in [1.82, 2.24) is 4.31 Å². The highest BCUT2D eigenvalue weighted by Crippen LogP contribution is 2.33. The molecule has 0 aliphatic heterocycles. The van der Waals surface area contributed by atoms with Crippen LogP contribution >= 0.6 is 31.9 Å². The predicted molar refractivity (Wildman–Crippen MR) is 85.8 cm³/mol. The Morgan fingerprint density at radius 3 is 2.20 bits per heavy atom. The molecular formula is C10H14Br2N2O4S2. The van der Waals surface area contributed by atoms with Gasteiger partial charge in [0.15, 0.2) is 0 Å². The summed E-state index contributed by atoms with van der Waals surface area (Å²) >= 11 is 6.37. The molecule has 1 rings (SSSR count). The SMILES string of the molecule is CN(CCS(C)(=O)=O)S(=O)(=O)c1c(N)cc(Br)cc1Br. The summed E-state index contributed by atoms with van der Waals surface area (Å²) in [6, 6.07) is 3.04. The fourth-order valence-corrected chi connectivity index (χ4v) is 5.32. The lowest BCUT2D eigenvalue weighted by Gasteiger charge is -2.19. The molecule has 114 valence electrons. The van der Waals surface area contributed by atoms with Crippen LogP contribution in [0, 0.1) is 0 Å². The molecule has 0 amide bonds. The Hall–Kier alpha value is -0.160. The summed E-state index contributed by atoms with van der Waals surface area (Å²) in [7, 11) is -5.79. The molecule has 2 N–H and O–H groups in total. The van der Waals surface area contributed by atoms with Crippen molar-refractivity contribution in [3.8, 4) is 0 Å². The molecule has 0 atom stereocenters. The van der Waals surface area contributed by atoms with E-state index in [1.807, 2.05) is 0 Å². The van der Waals surface area contributed by atoms with E-state index in [0.29, 0.717) is 8.95 Å². The van der Waals surface area contributed by atoms with Crippen LogP contribution in [-0.4, -0.2) is 46.7 Å². The Morgan fingerprint density at radius 1 is 1.20 bits per heavy atom. The van der Waals surface area contributed by atoms with Crippen molar-refractivity contribution in [2.75, 3.05) is 31.3 Å². The van der Waals surface area contributed by atoms with Gasteiger partial charge < -0.3 is 5.73 Å². The minimum absolute atomic E-state index is 0.0725.